The second-order valence-electron chi connectivity index (χ2n) is 9.75. The van der Waals surface area contributed by atoms with Crippen LogP contribution in [0.2, 0.25) is 0 Å². The zero-order valence-electron chi connectivity index (χ0n) is 20.2. The van der Waals surface area contributed by atoms with Gasteiger partial charge in [-0.1, -0.05) is 6.42 Å². The number of nitriles is 1. The molecule has 5 rings (SSSR count). The topological polar surface area (TPSA) is 92.2 Å². The van der Waals surface area contributed by atoms with E-state index >= 15 is 0 Å². The number of nitrogens with zero attached hydrogens (tertiary/aromatic N) is 3. The van der Waals surface area contributed by atoms with Crippen molar-refractivity contribution in [2.24, 2.45) is 5.92 Å². The van der Waals surface area contributed by atoms with Gasteiger partial charge in [0.25, 0.3) is 5.56 Å². The van der Waals surface area contributed by atoms with E-state index in [4.69, 9.17) is 5.26 Å². The molecular formula is C28H30FN5O2. The van der Waals surface area contributed by atoms with Crippen LogP contribution in [0.3, 0.4) is 0 Å². The lowest BCUT2D eigenvalue weighted by molar-refractivity contribution is -0.122. The third kappa shape index (κ3) is 5.26. The van der Waals surface area contributed by atoms with Gasteiger partial charge in [0.15, 0.2) is 0 Å². The van der Waals surface area contributed by atoms with Crippen LogP contribution in [0.25, 0.3) is 10.8 Å². The second kappa shape index (κ2) is 10.5. The number of rotatable bonds is 7. The Labute approximate surface area is 209 Å². The minimum Gasteiger partial charge on any atom is -0.369 e. The lowest BCUT2D eigenvalue weighted by Gasteiger charge is -2.36. The van der Waals surface area contributed by atoms with Gasteiger partial charge in [0.2, 0.25) is 5.91 Å². The van der Waals surface area contributed by atoms with Crippen molar-refractivity contribution in [2.75, 3.05) is 42.9 Å². The smallest absolute Gasteiger partial charge is 0.256 e. The van der Waals surface area contributed by atoms with Crippen molar-refractivity contribution in [1.82, 2.24) is 9.88 Å². The summed E-state index contributed by atoms with van der Waals surface area (Å²) < 4.78 is 14.2. The zero-order valence-corrected chi connectivity index (χ0v) is 20.2. The number of carbonyl (C=O) groups excluding carboxylic acids is 1. The Hall–Kier alpha value is -3.70. The number of carbonyl (C=O) groups is 1. The monoisotopic (exact) mass is 487 g/mol. The van der Waals surface area contributed by atoms with Crippen LogP contribution in [0.5, 0.6) is 0 Å². The van der Waals surface area contributed by atoms with Gasteiger partial charge in [-0.2, -0.15) is 5.26 Å². The van der Waals surface area contributed by atoms with Crippen molar-refractivity contribution in [2.45, 2.75) is 32.1 Å². The van der Waals surface area contributed by atoms with Crippen LogP contribution in [0.4, 0.5) is 15.8 Å². The normalized spacial score (nSPS) is 16.5. The van der Waals surface area contributed by atoms with Gasteiger partial charge in [-0.15, -0.1) is 0 Å². The van der Waals surface area contributed by atoms with Crippen molar-refractivity contribution < 1.29 is 9.18 Å². The van der Waals surface area contributed by atoms with Crippen LogP contribution in [0.15, 0.2) is 47.3 Å². The van der Waals surface area contributed by atoms with Gasteiger partial charge in [-0.05, 0) is 74.7 Å². The van der Waals surface area contributed by atoms with Gasteiger partial charge in [-0.3, -0.25) is 14.5 Å². The van der Waals surface area contributed by atoms with E-state index in [-0.39, 0.29) is 22.8 Å². The van der Waals surface area contributed by atoms with E-state index in [1.807, 2.05) is 30.3 Å². The predicted octanol–water partition coefficient (Wildman–Crippen LogP) is 4.03. The Balaban J connectivity index is 1.19. The Morgan fingerprint density at radius 2 is 1.83 bits per heavy atom. The fraction of sp³-hybridized carbons (Fsp3) is 0.393. The van der Waals surface area contributed by atoms with Crippen molar-refractivity contribution in [1.29, 1.82) is 5.26 Å². The predicted molar refractivity (Wildman–Crippen MR) is 139 cm³/mol. The summed E-state index contributed by atoms with van der Waals surface area (Å²) in [6.45, 7) is 4.66. The number of benzene rings is 2. The maximum absolute atomic E-state index is 14.2. The van der Waals surface area contributed by atoms with Crippen LogP contribution in [-0.4, -0.2) is 48.5 Å². The minimum absolute atomic E-state index is 0.0258. The highest BCUT2D eigenvalue weighted by Gasteiger charge is 2.26. The number of nitrogens with one attached hydrogen (secondary N) is 2. The summed E-state index contributed by atoms with van der Waals surface area (Å²) in [5.74, 6) is -0.665. The molecule has 1 saturated carbocycles. The number of aromatic nitrogens is 1. The van der Waals surface area contributed by atoms with E-state index < -0.39 is 5.82 Å². The van der Waals surface area contributed by atoms with Gasteiger partial charge in [0.05, 0.1) is 22.7 Å². The number of aryl methyl sites for hydroxylation is 1. The molecule has 2 fully saturated rings. The molecular weight excluding hydrogens is 457 g/mol. The standard InChI is InChI=1S/C28H30FN5O2/c29-21-15-25-24(26(16-21)32-27(35)20-3-1-4-20)17-22(31-28(25)36)5-2-10-33-11-13-34(14-12-33)23-8-6-19(18-30)7-9-23/h6-9,15-17,20H,1-5,10-14H2,(H,31,36)(H,32,35). The Morgan fingerprint density at radius 3 is 2.50 bits per heavy atom. The van der Waals surface area contributed by atoms with Crippen molar-refractivity contribution >= 4 is 28.1 Å². The molecule has 8 heteroatoms. The summed E-state index contributed by atoms with van der Waals surface area (Å²) in [5, 5.41) is 12.7. The number of piperazine rings is 1. The van der Waals surface area contributed by atoms with Crippen LogP contribution in [-0.2, 0) is 11.2 Å². The molecule has 2 aliphatic rings. The lowest BCUT2D eigenvalue weighted by atomic mass is 9.85. The first-order chi connectivity index (χ1) is 17.5. The minimum atomic E-state index is -0.537. The SMILES string of the molecule is N#Cc1ccc(N2CCN(CCCc3cc4c(NC(=O)C5CCC5)cc(F)cc4c(=O)[nH]3)CC2)cc1. The molecule has 2 N–H and O–H groups in total. The molecule has 186 valence electrons. The lowest BCUT2D eigenvalue weighted by Crippen LogP contribution is -2.46. The van der Waals surface area contributed by atoms with E-state index in [0.29, 0.717) is 23.1 Å². The van der Waals surface area contributed by atoms with Crippen LogP contribution in [0, 0.1) is 23.1 Å². The van der Waals surface area contributed by atoms with E-state index in [1.54, 1.807) is 0 Å². The van der Waals surface area contributed by atoms with Crippen LogP contribution in [0.1, 0.15) is 36.9 Å². The number of hydrogen-bond acceptors (Lipinski definition) is 5. The summed E-state index contributed by atoms with van der Waals surface area (Å²) in [7, 11) is 0. The average Bonchev–Trinajstić information content (AvgIpc) is 2.84. The molecule has 0 spiro atoms. The Morgan fingerprint density at radius 1 is 1.08 bits per heavy atom. The maximum Gasteiger partial charge on any atom is 0.256 e. The number of amides is 1. The average molecular weight is 488 g/mol. The molecule has 1 aliphatic carbocycles. The first-order valence-corrected chi connectivity index (χ1v) is 12.6. The quantitative estimate of drug-likeness (QED) is 0.525. The third-order valence-corrected chi connectivity index (χ3v) is 7.37. The first kappa shape index (κ1) is 24.0. The molecule has 0 atom stereocenters. The number of hydrogen-bond donors (Lipinski definition) is 2. The third-order valence-electron chi connectivity index (χ3n) is 7.37. The molecule has 1 aromatic heterocycles. The fourth-order valence-electron chi connectivity index (χ4n) is 5.00. The van der Waals surface area contributed by atoms with E-state index in [2.05, 4.69) is 26.2 Å². The molecule has 36 heavy (non-hydrogen) atoms. The summed E-state index contributed by atoms with van der Waals surface area (Å²) in [6, 6.07) is 14.3. The largest absolute Gasteiger partial charge is 0.369 e. The highest BCUT2D eigenvalue weighted by molar-refractivity contribution is 6.02. The van der Waals surface area contributed by atoms with E-state index in [0.717, 1.165) is 69.8 Å². The molecule has 1 saturated heterocycles. The van der Waals surface area contributed by atoms with Gasteiger partial charge in [-0.25, -0.2) is 4.39 Å². The van der Waals surface area contributed by atoms with Gasteiger partial charge in [0.1, 0.15) is 5.82 Å². The number of anilines is 2. The van der Waals surface area contributed by atoms with Crippen molar-refractivity contribution in [3.05, 3.63) is 69.9 Å². The molecule has 1 aliphatic heterocycles. The van der Waals surface area contributed by atoms with Crippen molar-refractivity contribution in [3.63, 3.8) is 0 Å². The Bertz CT molecular complexity index is 1350. The molecule has 0 radical (unpaired) electrons. The fourth-order valence-corrected chi connectivity index (χ4v) is 5.00. The summed E-state index contributed by atoms with van der Waals surface area (Å²) in [6.07, 6.45) is 4.31. The van der Waals surface area contributed by atoms with Crippen LogP contribution >= 0.6 is 0 Å². The number of fused-ring (bicyclic) bond motifs is 1. The van der Waals surface area contributed by atoms with Crippen LogP contribution < -0.4 is 15.8 Å². The Kier molecular flexibility index (Phi) is 7.01. The van der Waals surface area contributed by atoms with Gasteiger partial charge < -0.3 is 15.2 Å². The first-order valence-electron chi connectivity index (χ1n) is 12.6. The molecule has 0 bridgehead atoms. The molecule has 3 aromatic rings. The molecule has 2 heterocycles. The van der Waals surface area contributed by atoms with Gasteiger partial charge >= 0.3 is 0 Å². The molecule has 7 nitrogen and oxygen atoms in total. The molecule has 0 unspecified atom stereocenters. The highest BCUT2D eigenvalue weighted by Crippen LogP contribution is 2.30. The highest BCUT2D eigenvalue weighted by atomic mass is 19.1. The summed E-state index contributed by atoms with van der Waals surface area (Å²) in [4.78, 5) is 32.8. The maximum atomic E-state index is 14.2. The number of H-pyrrole nitrogens is 1. The van der Waals surface area contributed by atoms with Gasteiger partial charge in [0, 0.05) is 48.9 Å². The second-order valence-corrected chi connectivity index (χ2v) is 9.75. The molecule has 1 amide bonds. The summed E-state index contributed by atoms with van der Waals surface area (Å²) in [5.41, 5.74) is 2.63. The molecule has 2 aromatic carbocycles. The van der Waals surface area contributed by atoms with E-state index in [9.17, 15) is 14.0 Å². The van der Waals surface area contributed by atoms with Crippen molar-refractivity contribution in [3.8, 4) is 6.07 Å². The number of halogens is 1. The number of pyridine rings is 1. The van der Waals surface area contributed by atoms with E-state index in [1.165, 1.54) is 12.1 Å². The number of aromatic amines is 1. The zero-order chi connectivity index (χ0) is 25.1. The summed E-state index contributed by atoms with van der Waals surface area (Å²) >= 11 is 0.